The van der Waals surface area contributed by atoms with Crippen molar-refractivity contribution in [3.8, 4) is 0 Å². The molecule has 0 spiro atoms. The summed E-state index contributed by atoms with van der Waals surface area (Å²) in [7, 11) is 1.70. The lowest BCUT2D eigenvalue weighted by Gasteiger charge is -2.38. The highest BCUT2D eigenvalue weighted by atomic mass is 35.5. The van der Waals surface area contributed by atoms with Gasteiger partial charge in [-0.05, 0) is 31.4 Å². The van der Waals surface area contributed by atoms with Gasteiger partial charge in [-0.1, -0.05) is 23.7 Å². The lowest BCUT2D eigenvalue weighted by molar-refractivity contribution is 0.0139. The minimum atomic E-state index is -0.0382. The van der Waals surface area contributed by atoms with Gasteiger partial charge in [-0.15, -0.1) is 0 Å². The summed E-state index contributed by atoms with van der Waals surface area (Å²) in [5.41, 5.74) is 7.28. The third-order valence-electron chi connectivity index (χ3n) is 3.96. The molecular weight excluding hydrogens is 276 g/mol. The van der Waals surface area contributed by atoms with Crippen LogP contribution in [-0.2, 0) is 4.74 Å². The molecule has 0 aliphatic carbocycles. The summed E-state index contributed by atoms with van der Waals surface area (Å²) in [6.07, 6.45) is 1.80. The van der Waals surface area contributed by atoms with Crippen LogP contribution in [-0.4, -0.2) is 43.2 Å². The fourth-order valence-corrected chi connectivity index (χ4v) is 2.89. The van der Waals surface area contributed by atoms with Crippen molar-refractivity contribution >= 4 is 17.5 Å². The molecule has 0 saturated carbocycles. The topological polar surface area (TPSA) is 55.6 Å². The van der Waals surface area contributed by atoms with E-state index in [1.165, 1.54) is 0 Å². The van der Waals surface area contributed by atoms with E-state index < -0.39 is 0 Å². The van der Waals surface area contributed by atoms with Crippen molar-refractivity contribution in [2.75, 3.05) is 20.2 Å². The number of amides is 1. The van der Waals surface area contributed by atoms with Crippen molar-refractivity contribution in [2.24, 2.45) is 5.73 Å². The number of piperidine rings is 1. The van der Waals surface area contributed by atoms with E-state index in [0.29, 0.717) is 23.7 Å². The molecule has 1 amide bonds. The van der Waals surface area contributed by atoms with Gasteiger partial charge in [0.25, 0.3) is 5.91 Å². The maximum Gasteiger partial charge on any atom is 0.255 e. The normalized spacial score (nSPS) is 22.9. The fourth-order valence-electron chi connectivity index (χ4n) is 2.69. The van der Waals surface area contributed by atoms with Crippen LogP contribution in [0.3, 0.4) is 0 Å². The Balaban J connectivity index is 2.22. The second-order valence-electron chi connectivity index (χ2n) is 5.21. The zero-order chi connectivity index (χ0) is 14.7. The van der Waals surface area contributed by atoms with Gasteiger partial charge in [-0.2, -0.15) is 0 Å². The number of methoxy groups -OCH3 is 1. The SMILES string of the molecule is COC1CCN(C(=O)c2cccc(C)c2Cl)C(CN)C1. The minimum Gasteiger partial charge on any atom is -0.381 e. The van der Waals surface area contributed by atoms with Gasteiger partial charge in [0.05, 0.1) is 16.7 Å². The van der Waals surface area contributed by atoms with Crippen molar-refractivity contribution < 1.29 is 9.53 Å². The number of benzene rings is 1. The summed E-state index contributed by atoms with van der Waals surface area (Å²) in [5, 5.41) is 0.530. The molecule has 2 atom stereocenters. The summed E-state index contributed by atoms with van der Waals surface area (Å²) in [6.45, 7) is 3.00. The second kappa shape index (κ2) is 6.57. The Kier molecular flexibility index (Phi) is 5.02. The summed E-state index contributed by atoms with van der Waals surface area (Å²) in [5.74, 6) is -0.0382. The first-order valence-electron chi connectivity index (χ1n) is 6.87. The molecule has 0 bridgehead atoms. The standard InChI is InChI=1S/C15H21ClN2O2/c1-10-4-3-5-13(14(10)16)15(19)18-7-6-12(20-2)8-11(18)9-17/h3-5,11-12H,6-9,17H2,1-2H3. The molecule has 1 aromatic carbocycles. The number of hydrogen-bond donors (Lipinski definition) is 1. The first-order chi connectivity index (χ1) is 9.58. The molecule has 0 radical (unpaired) electrons. The molecule has 0 aromatic heterocycles. The molecule has 1 fully saturated rings. The van der Waals surface area contributed by atoms with Gasteiger partial charge in [0.15, 0.2) is 0 Å². The van der Waals surface area contributed by atoms with Crippen molar-refractivity contribution in [1.29, 1.82) is 0 Å². The highest BCUT2D eigenvalue weighted by molar-refractivity contribution is 6.34. The van der Waals surface area contributed by atoms with Crippen molar-refractivity contribution in [3.63, 3.8) is 0 Å². The van der Waals surface area contributed by atoms with Gasteiger partial charge in [0, 0.05) is 26.2 Å². The van der Waals surface area contributed by atoms with Crippen LogP contribution in [0, 0.1) is 6.92 Å². The number of carbonyl (C=O) groups excluding carboxylic acids is 1. The fraction of sp³-hybridized carbons (Fsp3) is 0.533. The molecule has 1 aliphatic rings. The summed E-state index contributed by atoms with van der Waals surface area (Å²) >= 11 is 6.25. The predicted molar refractivity (Wildman–Crippen MR) is 80.1 cm³/mol. The Morgan fingerprint density at radius 1 is 1.55 bits per heavy atom. The highest BCUT2D eigenvalue weighted by Crippen LogP contribution is 2.26. The van der Waals surface area contributed by atoms with Crippen LogP contribution in [0.1, 0.15) is 28.8 Å². The summed E-state index contributed by atoms with van der Waals surface area (Å²) in [4.78, 5) is 14.5. The number of nitrogens with zero attached hydrogens (tertiary/aromatic N) is 1. The molecule has 4 nitrogen and oxygen atoms in total. The van der Waals surface area contributed by atoms with E-state index in [1.807, 2.05) is 24.0 Å². The van der Waals surface area contributed by atoms with E-state index in [2.05, 4.69) is 0 Å². The van der Waals surface area contributed by atoms with Gasteiger partial charge in [0.1, 0.15) is 0 Å². The number of nitrogens with two attached hydrogens (primary N) is 1. The largest absolute Gasteiger partial charge is 0.381 e. The van der Waals surface area contributed by atoms with Crippen LogP contribution >= 0.6 is 11.6 Å². The number of rotatable bonds is 3. The van der Waals surface area contributed by atoms with Crippen molar-refractivity contribution in [1.82, 2.24) is 4.90 Å². The molecule has 2 N–H and O–H groups in total. The van der Waals surface area contributed by atoms with E-state index in [-0.39, 0.29) is 18.1 Å². The smallest absolute Gasteiger partial charge is 0.255 e. The number of hydrogen-bond acceptors (Lipinski definition) is 3. The van der Waals surface area contributed by atoms with Crippen LogP contribution < -0.4 is 5.73 Å². The average molecular weight is 297 g/mol. The van der Waals surface area contributed by atoms with Crippen LogP contribution in [0.5, 0.6) is 0 Å². The Morgan fingerprint density at radius 2 is 2.30 bits per heavy atom. The third-order valence-corrected chi connectivity index (χ3v) is 4.46. The highest BCUT2D eigenvalue weighted by Gasteiger charge is 2.32. The maximum absolute atomic E-state index is 12.7. The summed E-state index contributed by atoms with van der Waals surface area (Å²) in [6, 6.07) is 5.54. The van der Waals surface area contributed by atoms with Gasteiger partial charge >= 0.3 is 0 Å². The zero-order valence-electron chi connectivity index (χ0n) is 11.9. The van der Waals surface area contributed by atoms with Gasteiger partial charge in [-0.25, -0.2) is 0 Å². The van der Waals surface area contributed by atoms with Gasteiger partial charge in [0.2, 0.25) is 0 Å². The Hall–Kier alpha value is -1.10. The monoisotopic (exact) mass is 296 g/mol. The van der Waals surface area contributed by atoms with E-state index in [4.69, 9.17) is 22.1 Å². The van der Waals surface area contributed by atoms with Crippen LogP contribution in [0.4, 0.5) is 0 Å². The third kappa shape index (κ3) is 2.97. The van der Waals surface area contributed by atoms with E-state index in [9.17, 15) is 4.79 Å². The van der Waals surface area contributed by atoms with Crippen LogP contribution in [0.15, 0.2) is 18.2 Å². The molecule has 5 heteroatoms. The molecule has 2 unspecified atom stereocenters. The Morgan fingerprint density at radius 3 is 2.95 bits per heavy atom. The lowest BCUT2D eigenvalue weighted by Crippen LogP contribution is -2.51. The molecule has 1 aliphatic heterocycles. The molecule has 20 heavy (non-hydrogen) atoms. The van der Waals surface area contributed by atoms with E-state index in [1.54, 1.807) is 13.2 Å². The number of carbonyl (C=O) groups is 1. The predicted octanol–water partition coefficient (Wildman–Crippen LogP) is 2.23. The Labute approximate surface area is 124 Å². The second-order valence-corrected chi connectivity index (χ2v) is 5.58. The lowest BCUT2D eigenvalue weighted by atomic mass is 9.98. The van der Waals surface area contributed by atoms with E-state index in [0.717, 1.165) is 18.4 Å². The molecule has 1 aromatic rings. The molecule has 1 heterocycles. The minimum absolute atomic E-state index is 0.0118. The molecular formula is C15H21ClN2O2. The van der Waals surface area contributed by atoms with Crippen molar-refractivity contribution in [3.05, 3.63) is 34.3 Å². The van der Waals surface area contributed by atoms with Gasteiger partial charge in [-0.3, -0.25) is 4.79 Å². The number of likely N-dealkylation sites (tertiary alicyclic amines) is 1. The van der Waals surface area contributed by atoms with Crippen molar-refractivity contribution in [2.45, 2.75) is 31.9 Å². The van der Waals surface area contributed by atoms with Crippen LogP contribution in [0.2, 0.25) is 5.02 Å². The quantitative estimate of drug-likeness (QED) is 0.930. The molecule has 110 valence electrons. The first kappa shape index (κ1) is 15.3. The zero-order valence-corrected chi connectivity index (χ0v) is 12.7. The van der Waals surface area contributed by atoms with Crippen LogP contribution in [0.25, 0.3) is 0 Å². The number of aryl methyl sites for hydroxylation is 1. The average Bonchev–Trinajstić information content (AvgIpc) is 2.48. The summed E-state index contributed by atoms with van der Waals surface area (Å²) < 4.78 is 5.38. The molecule has 2 rings (SSSR count). The first-order valence-corrected chi connectivity index (χ1v) is 7.25. The Bertz CT molecular complexity index is 493. The maximum atomic E-state index is 12.7. The van der Waals surface area contributed by atoms with E-state index >= 15 is 0 Å². The van der Waals surface area contributed by atoms with Gasteiger partial charge < -0.3 is 15.4 Å². The molecule has 1 saturated heterocycles. The number of halogens is 1. The number of ether oxygens (including phenoxy) is 1.